The third kappa shape index (κ3) is 3.62. The summed E-state index contributed by atoms with van der Waals surface area (Å²) in [6.07, 6.45) is 2.49. The van der Waals surface area contributed by atoms with Crippen LogP contribution in [0, 0.1) is 0 Å². The number of aromatic nitrogens is 2. The maximum atomic E-state index is 11.9. The van der Waals surface area contributed by atoms with E-state index in [2.05, 4.69) is 5.10 Å². The van der Waals surface area contributed by atoms with Gasteiger partial charge < -0.3 is 10.6 Å². The smallest absolute Gasteiger partial charge is 0.273 e. The zero-order chi connectivity index (χ0) is 15.6. The van der Waals surface area contributed by atoms with Crippen LogP contribution < -0.4 is 5.73 Å². The van der Waals surface area contributed by atoms with Crippen LogP contribution in [0.15, 0.2) is 30.5 Å². The first kappa shape index (κ1) is 15.5. The third-order valence-corrected chi connectivity index (χ3v) is 3.33. The Kier molecular flexibility index (Phi) is 4.65. The quantitative estimate of drug-likeness (QED) is 0.941. The van der Waals surface area contributed by atoms with Crippen molar-refractivity contribution in [3.05, 3.63) is 46.7 Å². The number of benzene rings is 1. The lowest BCUT2D eigenvalue weighted by Crippen LogP contribution is -2.22. The van der Waals surface area contributed by atoms with Gasteiger partial charge in [0, 0.05) is 26.3 Å². The van der Waals surface area contributed by atoms with Crippen molar-refractivity contribution in [3.63, 3.8) is 0 Å². The van der Waals surface area contributed by atoms with Crippen molar-refractivity contribution in [2.45, 2.75) is 19.4 Å². The number of hydrogen-bond acceptors (Lipinski definition) is 3. The molecule has 0 saturated heterocycles. The number of hydrogen-bond donors (Lipinski definition) is 1. The van der Waals surface area contributed by atoms with Crippen LogP contribution in [-0.4, -0.2) is 40.7 Å². The van der Waals surface area contributed by atoms with E-state index in [4.69, 9.17) is 17.3 Å². The largest absolute Gasteiger partial charge is 0.343 e. The molecule has 1 aromatic carbocycles. The minimum atomic E-state index is -0.140. The molecule has 0 fully saturated rings. The van der Waals surface area contributed by atoms with Gasteiger partial charge in [0.1, 0.15) is 0 Å². The Bertz CT molecular complexity index is 649. The molecule has 1 unspecified atom stereocenters. The summed E-state index contributed by atoms with van der Waals surface area (Å²) < 4.78 is 1.61. The lowest BCUT2D eigenvalue weighted by molar-refractivity contribution is 0.0821. The van der Waals surface area contributed by atoms with Gasteiger partial charge in [0.05, 0.1) is 10.7 Å². The summed E-state index contributed by atoms with van der Waals surface area (Å²) in [6, 6.07) is 7.50. The molecule has 0 bridgehead atoms. The molecule has 0 aliphatic carbocycles. The Morgan fingerprint density at radius 2 is 2.14 bits per heavy atom. The first-order valence-corrected chi connectivity index (χ1v) is 7.08. The second-order valence-electron chi connectivity index (χ2n) is 5.31. The fourth-order valence-electron chi connectivity index (χ4n) is 2.04. The van der Waals surface area contributed by atoms with Gasteiger partial charge in [-0.1, -0.05) is 17.7 Å². The zero-order valence-electron chi connectivity index (χ0n) is 12.4. The Morgan fingerprint density at radius 1 is 1.43 bits per heavy atom. The first-order chi connectivity index (χ1) is 9.88. The van der Waals surface area contributed by atoms with E-state index in [9.17, 15) is 4.79 Å². The average molecular weight is 307 g/mol. The van der Waals surface area contributed by atoms with Crippen LogP contribution >= 0.6 is 11.6 Å². The zero-order valence-corrected chi connectivity index (χ0v) is 13.1. The molecular weight excluding hydrogens is 288 g/mol. The van der Waals surface area contributed by atoms with Crippen LogP contribution in [0.2, 0.25) is 5.02 Å². The second-order valence-corrected chi connectivity index (χ2v) is 5.72. The number of rotatable bonds is 4. The van der Waals surface area contributed by atoms with Gasteiger partial charge in [0.15, 0.2) is 5.69 Å². The molecule has 1 aromatic heterocycles. The van der Waals surface area contributed by atoms with Crippen molar-refractivity contribution < 1.29 is 4.79 Å². The number of amides is 1. The van der Waals surface area contributed by atoms with E-state index in [1.54, 1.807) is 31.0 Å². The van der Waals surface area contributed by atoms with E-state index in [0.29, 0.717) is 10.7 Å². The molecule has 21 heavy (non-hydrogen) atoms. The predicted octanol–water partition coefficient (Wildman–Crippen LogP) is 2.12. The number of halogens is 1. The van der Waals surface area contributed by atoms with Crippen molar-refractivity contribution in [2.24, 2.45) is 5.73 Å². The van der Waals surface area contributed by atoms with E-state index in [1.165, 1.54) is 4.90 Å². The van der Waals surface area contributed by atoms with Crippen LogP contribution in [0.25, 0.3) is 5.69 Å². The molecule has 0 saturated carbocycles. The van der Waals surface area contributed by atoms with Gasteiger partial charge in [-0.2, -0.15) is 5.10 Å². The Balaban J connectivity index is 2.28. The van der Waals surface area contributed by atoms with E-state index >= 15 is 0 Å². The third-order valence-electron chi connectivity index (χ3n) is 3.03. The van der Waals surface area contributed by atoms with Gasteiger partial charge in [0.25, 0.3) is 5.91 Å². The molecule has 6 heteroatoms. The van der Waals surface area contributed by atoms with Crippen molar-refractivity contribution in [2.75, 3.05) is 14.1 Å². The molecule has 112 valence electrons. The van der Waals surface area contributed by atoms with Gasteiger partial charge in [0.2, 0.25) is 0 Å². The fourth-order valence-corrected chi connectivity index (χ4v) is 2.33. The van der Waals surface area contributed by atoms with E-state index in [0.717, 1.165) is 17.7 Å². The van der Waals surface area contributed by atoms with E-state index < -0.39 is 0 Å². The van der Waals surface area contributed by atoms with E-state index in [1.807, 2.05) is 25.1 Å². The summed E-state index contributed by atoms with van der Waals surface area (Å²) in [4.78, 5) is 13.3. The summed E-state index contributed by atoms with van der Waals surface area (Å²) in [5.41, 5.74) is 7.99. The predicted molar refractivity (Wildman–Crippen MR) is 83.9 cm³/mol. The van der Waals surface area contributed by atoms with Crippen molar-refractivity contribution in [1.82, 2.24) is 14.7 Å². The molecule has 2 N–H and O–H groups in total. The molecule has 0 aliphatic rings. The summed E-state index contributed by atoms with van der Waals surface area (Å²) in [5.74, 6) is -0.140. The van der Waals surface area contributed by atoms with Crippen LogP contribution in [0.4, 0.5) is 0 Å². The molecule has 1 amide bonds. The van der Waals surface area contributed by atoms with Crippen LogP contribution in [-0.2, 0) is 6.42 Å². The monoisotopic (exact) mass is 306 g/mol. The van der Waals surface area contributed by atoms with Gasteiger partial charge in [-0.25, -0.2) is 4.68 Å². The van der Waals surface area contributed by atoms with Crippen LogP contribution in [0.5, 0.6) is 0 Å². The highest BCUT2D eigenvalue weighted by Crippen LogP contribution is 2.22. The molecule has 0 spiro atoms. The van der Waals surface area contributed by atoms with Gasteiger partial charge in [-0.15, -0.1) is 0 Å². The number of nitrogens with zero attached hydrogens (tertiary/aromatic N) is 3. The summed E-state index contributed by atoms with van der Waals surface area (Å²) in [6.45, 7) is 1.95. The molecule has 1 atom stereocenters. The maximum Gasteiger partial charge on any atom is 0.273 e. The van der Waals surface area contributed by atoms with Crippen LogP contribution in [0.1, 0.15) is 23.0 Å². The molecular formula is C15H19ClN4O. The molecule has 0 radical (unpaired) electrons. The Hall–Kier alpha value is -1.85. The lowest BCUT2D eigenvalue weighted by atomic mass is 10.1. The van der Waals surface area contributed by atoms with Crippen molar-refractivity contribution in [3.8, 4) is 5.69 Å². The van der Waals surface area contributed by atoms with Gasteiger partial charge in [-0.3, -0.25) is 4.79 Å². The number of carbonyl (C=O) groups is 1. The number of carbonyl (C=O) groups excluding carboxylic acids is 1. The molecule has 2 aromatic rings. The van der Waals surface area contributed by atoms with Crippen LogP contribution in [0.3, 0.4) is 0 Å². The number of nitrogens with two attached hydrogens (primary N) is 1. The topological polar surface area (TPSA) is 64.2 Å². The Morgan fingerprint density at radius 3 is 2.71 bits per heavy atom. The minimum Gasteiger partial charge on any atom is -0.343 e. The lowest BCUT2D eigenvalue weighted by Gasteiger charge is -2.09. The highest BCUT2D eigenvalue weighted by atomic mass is 35.5. The van der Waals surface area contributed by atoms with Gasteiger partial charge >= 0.3 is 0 Å². The molecule has 5 nitrogen and oxygen atoms in total. The fraction of sp³-hybridized carbons (Fsp3) is 0.333. The average Bonchev–Trinajstić information content (AvgIpc) is 2.86. The standard InChI is InChI=1S/C15H19ClN4O/c1-10(17)8-11-4-5-14(12(16)9-11)20-7-6-13(18-20)15(21)19(2)3/h4-7,9-10H,8,17H2,1-3H3. The summed E-state index contributed by atoms with van der Waals surface area (Å²) in [7, 11) is 3.38. The summed E-state index contributed by atoms with van der Waals surface area (Å²) >= 11 is 6.30. The minimum absolute atomic E-state index is 0.0842. The highest BCUT2D eigenvalue weighted by molar-refractivity contribution is 6.32. The Labute approximate surface area is 129 Å². The van der Waals surface area contributed by atoms with Gasteiger partial charge in [-0.05, 0) is 37.1 Å². The summed E-state index contributed by atoms with van der Waals surface area (Å²) in [5, 5.41) is 4.85. The molecule has 1 heterocycles. The first-order valence-electron chi connectivity index (χ1n) is 6.70. The highest BCUT2D eigenvalue weighted by Gasteiger charge is 2.13. The second kappa shape index (κ2) is 6.28. The van der Waals surface area contributed by atoms with Crippen molar-refractivity contribution in [1.29, 1.82) is 0 Å². The molecule has 0 aliphatic heterocycles. The molecule has 2 rings (SSSR count). The van der Waals surface area contributed by atoms with Crippen molar-refractivity contribution >= 4 is 17.5 Å². The SMILES string of the molecule is CC(N)Cc1ccc(-n2ccc(C(=O)N(C)C)n2)c(Cl)c1. The maximum absolute atomic E-state index is 11.9. The normalized spacial score (nSPS) is 12.2. The van der Waals surface area contributed by atoms with E-state index in [-0.39, 0.29) is 11.9 Å².